The van der Waals surface area contributed by atoms with Crippen molar-refractivity contribution in [1.82, 2.24) is 25.5 Å². The number of amides is 2. The number of hydrogen-bond acceptors (Lipinski definition) is 4. The lowest BCUT2D eigenvalue weighted by molar-refractivity contribution is 0.154. The zero-order chi connectivity index (χ0) is 24.8. The van der Waals surface area contributed by atoms with Gasteiger partial charge in [-0.05, 0) is 56.5 Å². The number of aromatic nitrogens is 2. The fourth-order valence-electron chi connectivity index (χ4n) is 3.99. The lowest BCUT2D eigenvalue weighted by atomic mass is 10.1. The van der Waals surface area contributed by atoms with Crippen LogP contribution in [0, 0.1) is 18.8 Å². The van der Waals surface area contributed by atoms with E-state index in [-0.39, 0.29) is 6.03 Å². The summed E-state index contributed by atoms with van der Waals surface area (Å²) in [4.78, 5) is 14.5. The van der Waals surface area contributed by atoms with Crippen LogP contribution in [0.15, 0.2) is 30.3 Å². The van der Waals surface area contributed by atoms with Crippen molar-refractivity contribution < 1.29 is 4.79 Å². The minimum Gasteiger partial charge on any atom is -0.331 e. The second kappa shape index (κ2) is 12.0. The fraction of sp³-hybridized carbons (Fsp3) is 0.385. The lowest BCUT2D eigenvalue weighted by Gasteiger charge is -2.26. The molecule has 1 aliphatic rings. The van der Waals surface area contributed by atoms with E-state index in [1.54, 1.807) is 23.5 Å². The van der Waals surface area contributed by atoms with Gasteiger partial charge in [0.1, 0.15) is 0 Å². The first-order chi connectivity index (χ1) is 17.0. The summed E-state index contributed by atoms with van der Waals surface area (Å²) in [6.45, 7) is 6.19. The number of carbonyl (C=O) groups is 1. The molecule has 3 aromatic rings. The van der Waals surface area contributed by atoms with Crippen molar-refractivity contribution in [2.45, 2.75) is 52.5 Å². The van der Waals surface area contributed by atoms with E-state index in [2.05, 4.69) is 35.6 Å². The van der Waals surface area contributed by atoms with Crippen molar-refractivity contribution in [3.8, 4) is 28.1 Å². The van der Waals surface area contributed by atoms with Crippen LogP contribution < -0.4 is 10.7 Å². The number of nitrogens with one attached hydrogen (secondary N) is 2. The average Bonchev–Trinajstić information content (AvgIpc) is 3.42. The van der Waals surface area contributed by atoms with Gasteiger partial charge in [0.15, 0.2) is 0 Å². The van der Waals surface area contributed by atoms with Crippen molar-refractivity contribution in [1.29, 1.82) is 0 Å². The molecule has 184 valence electrons. The Morgan fingerprint density at radius 1 is 1.17 bits per heavy atom. The first-order valence-corrected chi connectivity index (χ1v) is 13.5. The van der Waals surface area contributed by atoms with Crippen LogP contribution >= 0.6 is 34.5 Å². The molecule has 0 unspecified atom stereocenters. The van der Waals surface area contributed by atoms with Crippen LogP contribution in [0.4, 0.5) is 4.79 Å². The van der Waals surface area contributed by atoms with Crippen LogP contribution in [-0.2, 0) is 6.54 Å². The minimum atomic E-state index is -0.225. The van der Waals surface area contributed by atoms with Crippen molar-refractivity contribution in [3.05, 3.63) is 56.5 Å². The van der Waals surface area contributed by atoms with Gasteiger partial charge in [-0.3, -0.25) is 5.43 Å². The van der Waals surface area contributed by atoms with Crippen LogP contribution in [0.25, 0.3) is 16.3 Å². The first kappa shape index (κ1) is 25.6. The van der Waals surface area contributed by atoms with Crippen molar-refractivity contribution in [2.24, 2.45) is 0 Å². The second-order valence-electron chi connectivity index (χ2n) is 8.49. The van der Waals surface area contributed by atoms with Gasteiger partial charge < -0.3 is 5.32 Å². The zero-order valence-electron chi connectivity index (χ0n) is 20.0. The Balaban J connectivity index is 1.63. The highest BCUT2D eigenvalue weighted by Gasteiger charge is 2.21. The maximum absolute atomic E-state index is 12.5. The minimum absolute atomic E-state index is 0.225. The van der Waals surface area contributed by atoms with Gasteiger partial charge in [-0.15, -0.1) is 11.3 Å². The van der Waals surface area contributed by atoms with E-state index in [0.717, 1.165) is 71.2 Å². The van der Waals surface area contributed by atoms with Gasteiger partial charge in [0.05, 0.1) is 38.4 Å². The fourth-order valence-corrected chi connectivity index (χ4v) is 5.44. The third-order valence-electron chi connectivity index (χ3n) is 5.82. The van der Waals surface area contributed by atoms with Gasteiger partial charge >= 0.3 is 6.03 Å². The molecule has 2 amide bonds. The summed E-state index contributed by atoms with van der Waals surface area (Å²) in [5.41, 5.74) is 6.34. The largest absolute Gasteiger partial charge is 0.331 e. The lowest BCUT2D eigenvalue weighted by Crippen LogP contribution is -2.49. The molecule has 0 spiro atoms. The monoisotopic (exact) mass is 529 g/mol. The van der Waals surface area contributed by atoms with Gasteiger partial charge in [0, 0.05) is 30.1 Å². The van der Waals surface area contributed by atoms with Gasteiger partial charge in [0.25, 0.3) is 0 Å². The standard InChI is InChI=1S/C26H29Cl2N5OS/c1-3-4-6-9-20-11-13-24(35-20)25-18(2)22(17-29-26(34)31-32-14-7-5-8-15-32)30-33(25)23-12-10-19(27)16-21(23)28/h10-13,16H,3-5,7-8,14-15,17H2,1-2H3,(H2,29,31,34). The molecule has 6 nitrogen and oxygen atoms in total. The number of hydrazine groups is 1. The Kier molecular flexibility index (Phi) is 8.74. The highest BCUT2D eigenvalue weighted by atomic mass is 35.5. The van der Waals surface area contributed by atoms with Gasteiger partial charge in [-0.1, -0.05) is 48.4 Å². The van der Waals surface area contributed by atoms with Crippen LogP contribution in [-0.4, -0.2) is 33.9 Å². The van der Waals surface area contributed by atoms with E-state index >= 15 is 0 Å². The van der Waals surface area contributed by atoms with Crippen molar-refractivity contribution in [3.63, 3.8) is 0 Å². The molecule has 0 atom stereocenters. The third kappa shape index (κ3) is 6.39. The summed E-state index contributed by atoms with van der Waals surface area (Å²) in [5.74, 6) is 6.45. The van der Waals surface area contributed by atoms with Gasteiger partial charge in [0.2, 0.25) is 0 Å². The number of urea groups is 1. The van der Waals surface area contributed by atoms with Gasteiger partial charge in [-0.2, -0.15) is 5.10 Å². The molecule has 1 saturated heterocycles. The number of halogens is 2. The number of unbranched alkanes of at least 4 members (excludes halogenated alkanes) is 1. The SMILES string of the molecule is CCCC#Cc1ccc(-c2c(C)c(CNC(=O)NN3CCCCC3)nn2-c2ccc(Cl)cc2Cl)s1. The molecule has 3 heterocycles. The molecule has 4 rings (SSSR count). The Morgan fingerprint density at radius 3 is 2.71 bits per heavy atom. The highest BCUT2D eigenvalue weighted by Crippen LogP contribution is 2.36. The molecule has 0 saturated carbocycles. The number of carbonyl (C=O) groups excluding carboxylic acids is 1. The molecule has 2 N–H and O–H groups in total. The summed E-state index contributed by atoms with van der Waals surface area (Å²) in [5, 5.41) is 10.8. The summed E-state index contributed by atoms with van der Waals surface area (Å²) in [6.07, 6.45) is 5.32. The number of nitrogens with zero attached hydrogens (tertiary/aromatic N) is 3. The second-order valence-corrected chi connectivity index (χ2v) is 10.4. The molecule has 35 heavy (non-hydrogen) atoms. The summed E-state index contributed by atoms with van der Waals surface area (Å²) in [6, 6.07) is 9.23. The van der Waals surface area contributed by atoms with Crippen LogP contribution in [0.2, 0.25) is 10.0 Å². The van der Waals surface area contributed by atoms with Crippen molar-refractivity contribution >= 4 is 40.6 Å². The predicted molar refractivity (Wildman–Crippen MR) is 144 cm³/mol. The van der Waals surface area contributed by atoms with E-state index in [9.17, 15) is 4.79 Å². The molecule has 1 fully saturated rings. The molecule has 1 aliphatic heterocycles. The predicted octanol–water partition coefficient (Wildman–Crippen LogP) is 6.57. The topological polar surface area (TPSA) is 62.2 Å². The molecule has 0 bridgehead atoms. The number of hydrogen-bond donors (Lipinski definition) is 2. The number of rotatable bonds is 6. The van der Waals surface area contributed by atoms with Crippen molar-refractivity contribution in [2.75, 3.05) is 13.1 Å². The molecular weight excluding hydrogens is 501 g/mol. The highest BCUT2D eigenvalue weighted by molar-refractivity contribution is 7.16. The maximum atomic E-state index is 12.5. The first-order valence-electron chi connectivity index (χ1n) is 11.9. The number of thiophene rings is 1. The Bertz CT molecular complexity index is 1250. The van der Waals surface area contributed by atoms with E-state index in [1.165, 1.54) is 6.42 Å². The average molecular weight is 531 g/mol. The Hall–Kier alpha value is -2.50. The molecule has 9 heteroatoms. The molecular formula is C26H29Cl2N5OS. The summed E-state index contributed by atoms with van der Waals surface area (Å²) >= 11 is 14.3. The zero-order valence-corrected chi connectivity index (χ0v) is 22.3. The van der Waals surface area contributed by atoms with E-state index in [0.29, 0.717) is 16.6 Å². The molecule has 0 radical (unpaired) electrons. The Morgan fingerprint density at radius 2 is 1.97 bits per heavy atom. The molecule has 0 aliphatic carbocycles. The van der Waals surface area contributed by atoms with Crippen LogP contribution in [0.5, 0.6) is 0 Å². The van der Waals surface area contributed by atoms with E-state index < -0.39 is 0 Å². The van der Waals surface area contributed by atoms with Crippen LogP contribution in [0.1, 0.15) is 55.2 Å². The molecule has 1 aromatic carbocycles. The quantitative estimate of drug-likeness (QED) is 0.355. The third-order valence-corrected chi connectivity index (χ3v) is 7.36. The normalized spacial score (nSPS) is 13.8. The van der Waals surface area contributed by atoms with Crippen LogP contribution in [0.3, 0.4) is 0 Å². The smallest absolute Gasteiger partial charge is 0.329 e. The number of benzene rings is 1. The van der Waals surface area contributed by atoms with E-state index in [4.69, 9.17) is 28.3 Å². The Labute approximate surface area is 220 Å². The maximum Gasteiger partial charge on any atom is 0.329 e. The molecule has 2 aromatic heterocycles. The summed E-state index contributed by atoms with van der Waals surface area (Å²) in [7, 11) is 0. The number of piperidine rings is 1. The van der Waals surface area contributed by atoms with Gasteiger partial charge in [-0.25, -0.2) is 14.5 Å². The summed E-state index contributed by atoms with van der Waals surface area (Å²) < 4.78 is 1.84. The van der Waals surface area contributed by atoms with E-state index in [1.807, 2.05) is 28.7 Å².